The maximum absolute atomic E-state index is 10.2. The van der Waals surface area contributed by atoms with Crippen molar-refractivity contribution in [2.24, 2.45) is 0 Å². The smallest absolute Gasteiger partial charge is 0.184 e. The number of aliphatic hydroxyl groups is 4. The molecule has 12 heavy (non-hydrogen) atoms. The van der Waals surface area contributed by atoms with Gasteiger partial charge >= 0.3 is 0 Å². The van der Waals surface area contributed by atoms with Crippen LogP contribution >= 0.6 is 0 Å². The number of hydrogen-bond acceptors (Lipinski definition) is 6. The lowest BCUT2D eigenvalue weighted by molar-refractivity contribution is -0.272. The van der Waals surface area contributed by atoms with Crippen molar-refractivity contribution in [1.29, 1.82) is 0 Å². The van der Waals surface area contributed by atoms with Crippen LogP contribution in [0, 0.1) is 0 Å². The fourth-order valence-corrected chi connectivity index (χ4v) is 1.000. The molecule has 0 aromatic heterocycles. The molecule has 1 aliphatic heterocycles. The molecule has 0 aromatic rings. The molecule has 0 unspecified atom stereocenters. The van der Waals surface area contributed by atoms with Crippen molar-refractivity contribution in [3.8, 4) is 0 Å². The van der Waals surface area contributed by atoms with Gasteiger partial charge in [0.15, 0.2) is 12.6 Å². The van der Waals surface area contributed by atoms with Crippen LogP contribution in [0.25, 0.3) is 0 Å². The van der Waals surface area contributed by atoms with Crippen LogP contribution in [0.3, 0.4) is 0 Å². The molecule has 1 fully saturated rings. The third-order valence-corrected chi connectivity index (χ3v) is 1.76. The van der Waals surface area contributed by atoms with E-state index in [1.54, 1.807) is 0 Å². The molecule has 1 saturated heterocycles. The Balaban J connectivity index is 2.70. The Morgan fingerprint density at radius 3 is 2.08 bits per heavy atom. The number of aldehydes is 1. The van der Waals surface area contributed by atoms with Gasteiger partial charge in [0.2, 0.25) is 0 Å². The van der Waals surface area contributed by atoms with E-state index >= 15 is 0 Å². The van der Waals surface area contributed by atoms with Gasteiger partial charge in [-0.25, -0.2) is 0 Å². The minimum absolute atomic E-state index is 0.253. The summed E-state index contributed by atoms with van der Waals surface area (Å²) in [6, 6.07) is 0. The number of ether oxygens (including phenoxy) is 1. The van der Waals surface area contributed by atoms with E-state index in [4.69, 9.17) is 20.4 Å². The summed E-state index contributed by atoms with van der Waals surface area (Å²) in [5, 5.41) is 35.9. The number of carbonyl (C=O) groups is 1. The number of carbonyl (C=O) groups excluding carboxylic acids is 1. The third-order valence-electron chi connectivity index (χ3n) is 1.76. The monoisotopic (exact) mass is 178 g/mol. The summed E-state index contributed by atoms with van der Waals surface area (Å²) in [5.41, 5.74) is 0. The summed E-state index contributed by atoms with van der Waals surface area (Å²) >= 11 is 0. The molecule has 0 saturated carbocycles. The van der Waals surface area contributed by atoms with Crippen LogP contribution in [-0.2, 0) is 9.53 Å². The summed E-state index contributed by atoms with van der Waals surface area (Å²) in [6.07, 6.45) is -7.33. The summed E-state index contributed by atoms with van der Waals surface area (Å²) < 4.78 is 4.46. The molecule has 4 N–H and O–H groups in total. The molecule has 0 radical (unpaired) electrons. The summed E-state index contributed by atoms with van der Waals surface area (Å²) in [5.74, 6) is 0. The molecule has 6 heteroatoms. The number of aliphatic hydroxyl groups excluding tert-OH is 4. The topological polar surface area (TPSA) is 107 Å². The lowest BCUT2D eigenvalue weighted by Gasteiger charge is -2.35. The van der Waals surface area contributed by atoms with Gasteiger partial charge in [0.1, 0.15) is 24.4 Å². The highest BCUT2D eigenvalue weighted by atomic mass is 16.6. The average Bonchev–Trinajstić information content (AvgIpc) is 2.08. The van der Waals surface area contributed by atoms with E-state index in [9.17, 15) is 4.79 Å². The van der Waals surface area contributed by atoms with Crippen molar-refractivity contribution in [2.75, 3.05) is 0 Å². The maximum Gasteiger partial charge on any atom is 0.184 e. The molecule has 70 valence electrons. The van der Waals surface area contributed by atoms with Crippen LogP contribution in [-0.4, -0.2) is 57.4 Å². The molecule has 0 aromatic carbocycles. The van der Waals surface area contributed by atoms with Crippen molar-refractivity contribution in [3.63, 3.8) is 0 Å². The van der Waals surface area contributed by atoms with E-state index in [0.29, 0.717) is 0 Å². The Kier molecular flexibility index (Phi) is 2.76. The second-order valence-electron chi connectivity index (χ2n) is 2.60. The molecular formula is C6H10O6. The minimum Gasteiger partial charge on any atom is -0.387 e. The maximum atomic E-state index is 10.2. The molecule has 1 rings (SSSR count). The van der Waals surface area contributed by atoms with Gasteiger partial charge in [-0.3, -0.25) is 0 Å². The fourth-order valence-electron chi connectivity index (χ4n) is 1.000. The lowest BCUT2D eigenvalue weighted by Crippen LogP contribution is -2.57. The van der Waals surface area contributed by atoms with Gasteiger partial charge in [-0.15, -0.1) is 0 Å². The third kappa shape index (κ3) is 1.47. The summed E-state index contributed by atoms with van der Waals surface area (Å²) in [6.45, 7) is 0. The van der Waals surface area contributed by atoms with Crippen molar-refractivity contribution < 1.29 is 30.0 Å². The van der Waals surface area contributed by atoms with E-state index < -0.39 is 30.7 Å². The first-order valence-electron chi connectivity index (χ1n) is 3.41. The lowest BCUT2D eigenvalue weighted by atomic mass is 10.00. The molecule has 0 amide bonds. The van der Waals surface area contributed by atoms with Gasteiger partial charge in [-0.2, -0.15) is 0 Å². The van der Waals surface area contributed by atoms with E-state index in [-0.39, 0.29) is 6.29 Å². The van der Waals surface area contributed by atoms with Gasteiger partial charge in [-0.1, -0.05) is 0 Å². The second kappa shape index (κ2) is 3.46. The highest BCUT2D eigenvalue weighted by Crippen LogP contribution is 2.18. The Labute approximate surface area is 68.0 Å². The van der Waals surface area contributed by atoms with Crippen LogP contribution in [0.2, 0.25) is 0 Å². The van der Waals surface area contributed by atoms with Crippen LogP contribution in [0.4, 0.5) is 0 Å². The van der Waals surface area contributed by atoms with Crippen molar-refractivity contribution in [1.82, 2.24) is 0 Å². The average molecular weight is 178 g/mol. The molecule has 1 aliphatic rings. The summed E-state index contributed by atoms with van der Waals surface area (Å²) in [4.78, 5) is 10.2. The Bertz CT molecular complexity index is 171. The highest BCUT2D eigenvalue weighted by molar-refractivity contribution is 5.57. The first kappa shape index (κ1) is 9.56. The second-order valence-corrected chi connectivity index (χ2v) is 2.60. The van der Waals surface area contributed by atoms with Crippen LogP contribution in [0.5, 0.6) is 0 Å². The largest absolute Gasteiger partial charge is 0.387 e. The van der Waals surface area contributed by atoms with Gasteiger partial charge in [0.05, 0.1) is 0 Å². The van der Waals surface area contributed by atoms with Crippen LogP contribution < -0.4 is 0 Å². The zero-order valence-electron chi connectivity index (χ0n) is 6.07. The van der Waals surface area contributed by atoms with Crippen molar-refractivity contribution in [3.05, 3.63) is 0 Å². The van der Waals surface area contributed by atoms with E-state index in [2.05, 4.69) is 4.74 Å². The molecule has 0 spiro atoms. The Morgan fingerprint density at radius 1 is 1.00 bits per heavy atom. The fraction of sp³-hybridized carbons (Fsp3) is 0.833. The first-order chi connectivity index (χ1) is 5.57. The number of rotatable bonds is 1. The first-order valence-corrected chi connectivity index (χ1v) is 3.41. The van der Waals surface area contributed by atoms with Crippen molar-refractivity contribution >= 4 is 6.29 Å². The zero-order chi connectivity index (χ0) is 9.30. The molecule has 0 bridgehead atoms. The Hall–Kier alpha value is -0.530. The predicted octanol–water partition coefficient (Wildman–Crippen LogP) is -3.01. The summed E-state index contributed by atoms with van der Waals surface area (Å²) in [7, 11) is 0. The molecule has 5 atom stereocenters. The quantitative estimate of drug-likeness (QED) is 0.318. The standard InChI is InChI=1S/C6H10O6/c7-1-2-3(8)4(9)5(10)6(11)12-2/h1-6,8-11H/t2-,3+,4-,5-,6+/m1/s1. The number of hydrogen-bond donors (Lipinski definition) is 4. The van der Waals surface area contributed by atoms with E-state index in [0.717, 1.165) is 0 Å². The van der Waals surface area contributed by atoms with E-state index in [1.807, 2.05) is 0 Å². The van der Waals surface area contributed by atoms with Crippen molar-refractivity contribution in [2.45, 2.75) is 30.7 Å². The predicted molar refractivity (Wildman–Crippen MR) is 35.0 cm³/mol. The normalized spacial score (nSPS) is 48.8. The Morgan fingerprint density at radius 2 is 1.58 bits per heavy atom. The molecule has 0 aliphatic carbocycles. The molecular weight excluding hydrogens is 168 g/mol. The molecule has 6 nitrogen and oxygen atoms in total. The van der Waals surface area contributed by atoms with Crippen LogP contribution in [0.15, 0.2) is 0 Å². The van der Waals surface area contributed by atoms with Gasteiger partial charge in [0, 0.05) is 0 Å². The molecule has 1 heterocycles. The van der Waals surface area contributed by atoms with Gasteiger partial charge in [0.25, 0.3) is 0 Å². The SMILES string of the molecule is O=C[C@H]1O[C@H](O)[C@H](O)[C@H](O)[C@H]1O. The van der Waals surface area contributed by atoms with Crippen LogP contribution in [0.1, 0.15) is 0 Å². The zero-order valence-corrected chi connectivity index (χ0v) is 6.07. The van der Waals surface area contributed by atoms with Gasteiger partial charge < -0.3 is 30.0 Å². The van der Waals surface area contributed by atoms with Gasteiger partial charge in [-0.05, 0) is 0 Å². The van der Waals surface area contributed by atoms with E-state index in [1.165, 1.54) is 0 Å². The minimum atomic E-state index is -1.64. The highest BCUT2D eigenvalue weighted by Gasteiger charge is 2.42.